The van der Waals surface area contributed by atoms with Gasteiger partial charge in [0.1, 0.15) is 6.61 Å². The molecule has 0 radical (unpaired) electrons. The first-order valence-corrected chi connectivity index (χ1v) is 6.92. The average molecular weight is 337 g/mol. The van der Waals surface area contributed by atoms with Crippen LogP contribution in [0.3, 0.4) is 0 Å². The number of esters is 2. The highest BCUT2D eigenvalue weighted by Crippen LogP contribution is 2.05. The van der Waals surface area contributed by atoms with E-state index in [1.165, 1.54) is 7.11 Å². The van der Waals surface area contributed by atoms with Crippen molar-refractivity contribution in [3.8, 4) is 0 Å². The fourth-order valence-electron chi connectivity index (χ4n) is 2.03. The molecule has 1 fully saturated rings. The summed E-state index contributed by atoms with van der Waals surface area (Å²) in [4.78, 5) is 26.5. The number of likely N-dealkylation sites (N-methyl/N-ethyl adjacent to an activating group) is 1. The Morgan fingerprint density at radius 3 is 2.64 bits per heavy atom. The summed E-state index contributed by atoms with van der Waals surface area (Å²) in [5.74, 6) is -1.12. The van der Waals surface area contributed by atoms with Crippen molar-refractivity contribution >= 4 is 24.3 Å². The number of hydrogen-bond donors (Lipinski definition) is 0. The SMILES string of the molecule is COC(=O)/C=C/C(=O)OCCN1CCOC(CN(C)C)C1.Cl. The molecule has 8 heteroatoms. The molecule has 1 aliphatic heterocycles. The zero-order valence-corrected chi connectivity index (χ0v) is 14.1. The van der Waals surface area contributed by atoms with Gasteiger partial charge in [0.25, 0.3) is 0 Å². The highest BCUT2D eigenvalue weighted by Gasteiger charge is 2.20. The van der Waals surface area contributed by atoms with Crippen molar-refractivity contribution in [2.24, 2.45) is 0 Å². The van der Waals surface area contributed by atoms with Gasteiger partial charge in [-0.2, -0.15) is 0 Å². The Balaban J connectivity index is 0.00000441. The molecule has 22 heavy (non-hydrogen) atoms. The summed E-state index contributed by atoms with van der Waals surface area (Å²) < 4.78 is 15.1. The molecule has 128 valence electrons. The Bertz CT molecular complexity index is 376. The predicted octanol–water partition coefficient (Wildman–Crippen LogP) is -0.0570. The summed E-state index contributed by atoms with van der Waals surface area (Å²) in [6.07, 6.45) is 2.30. The van der Waals surface area contributed by atoms with E-state index in [1.54, 1.807) is 0 Å². The van der Waals surface area contributed by atoms with Crippen molar-refractivity contribution in [1.82, 2.24) is 9.80 Å². The van der Waals surface area contributed by atoms with E-state index in [9.17, 15) is 9.59 Å². The van der Waals surface area contributed by atoms with Crippen LogP contribution in [0.25, 0.3) is 0 Å². The van der Waals surface area contributed by atoms with Crippen LogP contribution in [0.4, 0.5) is 0 Å². The van der Waals surface area contributed by atoms with Gasteiger partial charge in [-0.3, -0.25) is 4.90 Å². The molecule has 0 aliphatic carbocycles. The fourth-order valence-corrected chi connectivity index (χ4v) is 2.03. The van der Waals surface area contributed by atoms with E-state index in [1.807, 2.05) is 14.1 Å². The van der Waals surface area contributed by atoms with Crippen molar-refractivity contribution in [2.75, 3.05) is 60.6 Å². The quantitative estimate of drug-likeness (QED) is 0.476. The van der Waals surface area contributed by atoms with Crippen molar-refractivity contribution < 1.29 is 23.8 Å². The van der Waals surface area contributed by atoms with Crippen molar-refractivity contribution in [3.05, 3.63) is 12.2 Å². The molecule has 1 aliphatic rings. The summed E-state index contributed by atoms with van der Waals surface area (Å²) >= 11 is 0. The van der Waals surface area contributed by atoms with Crippen molar-refractivity contribution in [2.45, 2.75) is 6.10 Å². The van der Waals surface area contributed by atoms with Gasteiger partial charge in [0.2, 0.25) is 0 Å². The minimum atomic E-state index is -0.577. The summed E-state index contributed by atoms with van der Waals surface area (Å²) in [5.41, 5.74) is 0. The number of nitrogens with zero attached hydrogens (tertiary/aromatic N) is 2. The van der Waals surface area contributed by atoms with Crippen LogP contribution in [0.1, 0.15) is 0 Å². The molecule has 1 unspecified atom stereocenters. The topological polar surface area (TPSA) is 68.3 Å². The number of carbonyl (C=O) groups excluding carboxylic acids is 2. The van der Waals surface area contributed by atoms with Gasteiger partial charge in [-0.25, -0.2) is 9.59 Å². The molecular weight excluding hydrogens is 312 g/mol. The molecule has 0 N–H and O–H groups in total. The van der Waals surface area contributed by atoms with Gasteiger partial charge in [0.15, 0.2) is 0 Å². The zero-order chi connectivity index (χ0) is 15.7. The third-order valence-electron chi connectivity index (χ3n) is 3.00. The monoisotopic (exact) mass is 336 g/mol. The van der Waals surface area contributed by atoms with Gasteiger partial charge < -0.3 is 19.1 Å². The second-order valence-corrected chi connectivity index (χ2v) is 5.08. The van der Waals surface area contributed by atoms with Gasteiger partial charge in [-0.05, 0) is 14.1 Å². The zero-order valence-electron chi connectivity index (χ0n) is 13.3. The first-order valence-electron chi connectivity index (χ1n) is 6.92. The van der Waals surface area contributed by atoms with Crippen molar-refractivity contribution in [1.29, 1.82) is 0 Å². The van der Waals surface area contributed by atoms with E-state index in [4.69, 9.17) is 9.47 Å². The summed E-state index contributed by atoms with van der Waals surface area (Å²) in [7, 11) is 5.27. The molecule has 0 aromatic heterocycles. The van der Waals surface area contributed by atoms with Crippen LogP contribution in [-0.2, 0) is 23.8 Å². The molecular formula is C14H25ClN2O5. The van der Waals surface area contributed by atoms with Crippen LogP contribution in [0, 0.1) is 0 Å². The first kappa shape index (κ1) is 20.9. The maximum Gasteiger partial charge on any atom is 0.331 e. The molecule has 1 atom stereocenters. The molecule has 0 saturated carbocycles. The first-order chi connectivity index (χ1) is 10.0. The number of rotatable bonds is 7. The lowest BCUT2D eigenvalue weighted by atomic mass is 10.2. The number of methoxy groups -OCH3 is 1. The molecule has 0 spiro atoms. The highest BCUT2D eigenvalue weighted by molar-refractivity contribution is 5.91. The maximum absolute atomic E-state index is 11.3. The third kappa shape index (κ3) is 8.99. The van der Waals surface area contributed by atoms with Gasteiger partial charge >= 0.3 is 11.9 Å². The average Bonchev–Trinajstić information content (AvgIpc) is 2.44. The van der Waals surface area contributed by atoms with Crippen LogP contribution >= 0.6 is 12.4 Å². The molecule has 7 nitrogen and oxygen atoms in total. The van der Waals surface area contributed by atoms with E-state index in [-0.39, 0.29) is 18.5 Å². The van der Waals surface area contributed by atoms with Crippen LogP contribution in [-0.4, -0.2) is 88.4 Å². The molecule has 0 bridgehead atoms. The standard InChI is InChI=1S/C14H24N2O5.ClH/c1-15(2)10-12-11-16(6-8-20-12)7-9-21-14(18)5-4-13(17)19-3;/h4-5,12H,6-11H2,1-3H3;1H/b5-4+;. The van der Waals surface area contributed by atoms with Crippen molar-refractivity contribution in [3.63, 3.8) is 0 Å². The van der Waals surface area contributed by atoms with Gasteiger partial charge in [-0.1, -0.05) is 0 Å². The number of carbonyl (C=O) groups is 2. The molecule has 0 aromatic carbocycles. The highest BCUT2D eigenvalue weighted by atomic mass is 35.5. The summed E-state index contributed by atoms with van der Waals surface area (Å²) in [6, 6.07) is 0. The van der Waals surface area contributed by atoms with Gasteiger partial charge in [0.05, 0.1) is 19.8 Å². The Morgan fingerprint density at radius 2 is 2.00 bits per heavy atom. The van der Waals surface area contributed by atoms with Crippen LogP contribution in [0.2, 0.25) is 0 Å². The minimum Gasteiger partial charge on any atom is -0.466 e. The third-order valence-corrected chi connectivity index (χ3v) is 3.00. The van der Waals surface area contributed by atoms with E-state index >= 15 is 0 Å². The largest absolute Gasteiger partial charge is 0.466 e. The molecule has 1 saturated heterocycles. The Morgan fingerprint density at radius 1 is 1.32 bits per heavy atom. The second-order valence-electron chi connectivity index (χ2n) is 5.08. The smallest absolute Gasteiger partial charge is 0.331 e. The molecule has 1 rings (SSSR count). The van der Waals surface area contributed by atoms with Crippen LogP contribution in [0.15, 0.2) is 12.2 Å². The van der Waals surface area contributed by atoms with Crippen LogP contribution in [0.5, 0.6) is 0 Å². The molecule has 1 heterocycles. The number of halogens is 1. The predicted molar refractivity (Wildman–Crippen MR) is 84.1 cm³/mol. The van der Waals surface area contributed by atoms with E-state index in [2.05, 4.69) is 14.5 Å². The lowest BCUT2D eigenvalue weighted by Gasteiger charge is -2.33. The van der Waals surface area contributed by atoms with E-state index < -0.39 is 11.9 Å². The number of morpholine rings is 1. The maximum atomic E-state index is 11.3. The van der Waals surface area contributed by atoms with Crippen LogP contribution < -0.4 is 0 Å². The Hall–Kier alpha value is -1.15. The normalized spacial score (nSPS) is 19.0. The summed E-state index contributed by atoms with van der Waals surface area (Å²) in [5, 5.41) is 0. The Kier molecular flexibility index (Phi) is 10.8. The summed E-state index contributed by atoms with van der Waals surface area (Å²) in [6.45, 7) is 4.17. The number of hydrogen-bond acceptors (Lipinski definition) is 7. The van der Waals surface area contributed by atoms with E-state index in [0.29, 0.717) is 19.8 Å². The molecule has 0 aromatic rings. The Labute approximate surface area is 137 Å². The fraction of sp³-hybridized carbons (Fsp3) is 0.714. The molecule has 0 amide bonds. The number of ether oxygens (including phenoxy) is 3. The minimum absolute atomic E-state index is 0. The van der Waals surface area contributed by atoms with Gasteiger partial charge in [-0.15, -0.1) is 12.4 Å². The lowest BCUT2D eigenvalue weighted by molar-refractivity contribution is -0.140. The van der Waals surface area contributed by atoms with Gasteiger partial charge in [0, 0.05) is 38.3 Å². The van der Waals surface area contributed by atoms with E-state index in [0.717, 1.165) is 31.8 Å². The second kappa shape index (κ2) is 11.4. The lowest BCUT2D eigenvalue weighted by Crippen LogP contribution is -2.47.